The summed E-state index contributed by atoms with van der Waals surface area (Å²) in [6.45, 7) is 9.01. The Balaban J connectivity index is 1.67. The summed E-state index contributed by atoms with van der Waals surface area (Å²) >= 11 is 6.16. The maximum Gasteiger partial charge on any atom is 0.253 e. The van der Waals surface area contributed by atoms with Crippen LogP contribution in [0.5, 0.6) is 5.75 Å². The molecular formula is C25H30ClN3O3. The van der Waals surface area contributed by atoms with Gasteiger partial charge in [-0.25, -0.2) is 0 Å². The van der Waals surface area contributed by atoms with Crippen molar-refractivity contribution in [2.45, 2.75) is 52.7 Å². The molecule has 0 spiro atoms. The van der Waals surface area contributed by atoms with Gasteiger partial charge in [0.15, 0.2) is 0 Å². The van der Waals surface area contributed by atoms with E-state index in [0.29, 0.717) is 28.5 Å². The van der Waals surface area contributed by atoms with Gasteiger partial charge in [-0.15, -0.1) is 0 Å². The number of nitrogens with one attached hydrogen (secondary N) is 1. The first-order valence-electron chi connectivity index (χ1n) is 10.7. The first-order chi connectivity index (χ1) is 15.1. The van der Waals surface area contributed by atoms with E-state index < -0.39 is 0 Å². The quantitative estimate of drug-likeness (QED) is 0.578. The second kappa shape index (κ2) is 9.48. The van der Waals surface area contributed by atoms with E-state index in [2.05, 4.69) is 44.1 Å². The van der Waals surface area contributed by atoms with Gasteiger partial charge in [-0.1, -0.05) is 39.3 Å². The second-order valence-corrected chi connectivity index (χ2v) is 9.84. The number of ether oxygens (including phenoxy) is 2. The predicted octanol–water partition coefficient (Wildman–Crippen LogP) is 4.80. The van der Waals surface area contributed by atoms with Gasteiger partial charge in [-0.2, -0.15) is 5.26 Å². The van der Waals surface area contributed by atoms with Crippen LogP contribution >= 0.6 is 11.6 Å². The third-order valence-corrected chi connectivity index (χ3v) is 6.61. The number of pyridine rings is 1. The average molecular weight is 456 g/mol. The molecule has 3 rings (SSSR count). The second-order valence-electron chi connectivity index (χ2n) is 9.44. The summed E-state index contributed by atoms with van der Waals surface area (Å²) in [5.74, 6) is 0.463. The maximum atomic E-state index is 12.9. The minimum atomic E-state index is -0.312. The number of rotatable bonds is 8. The molecule has 7 heteroatoms. The van der Waals surface area contributed by atoms with Crippen LogP contribution in [0.3, 0.4) is 0 Å². The molecule has 1 amide bonds. The van der Waals surface area contributed by atoms with Crippen molar-refractivity contribution < 1.29 is 14.3 Å². The Morgan fingerprint density at radius 3 is 2.50 bits per heavy atom. The molecule has 0 bridgehead atoms. The molecule has 6 nitrogen and oxygen atoms in total. The summed E-state index contributed by atoms with van der Waals surface area (Å²) < 4.78 is 11.3. The zero-order valence-corrected chi connectivity index (χ0v) is 20.0. The van der Waals surface area contributed by atoms with Crippen LogP contribution in [0.4, 0.5) is 0 Å². The molecule has 1 fully saturated rings. The van der Waals surface area contributed by atoms with E-state index >= 15 is 0 Å². The summed E-state index contributed by atoms with van der Waals surface area (Å²) in [5.41, 5.74) is 1.27. The van der Waals surface area contributed by atoms with Crippen molar-refractivity contribution in [3.05, 3.63) is 58.4 Å². The molecule has 0 unspecified atom stereocenters. The van der Waals surface area contributed by atoms with Crippen molar-refractivity contribution in [1.29, 1.82) is 5.26 Å². The minimum Gasteiger partial charge on any atom is -0.489 e. The van der Waals surface area contributed by atoms with Gasteiger partial charge in [0.25, 0.3) is 5.91 Å². The minimum absolute atomic E-state index is 0.0947. The number of amides is 1. The number of carbonyl (C=O) groups is 1. The molecule has 1 aromatic carbocycles. The van der Waals surface area contributed by atoms with E-state index in [-0.39, 0.29) is 28.9 Å². The van der Waals surface area contributed by atoms with Gasteiger partial charge in [-0.05, 0) is 37.1 Å². The Morgan fingerprint density at radius 2 is 1.94 bits per heavy atom. The van der Waals surface area contributed by atoms with Gasteiger partial charge >= 0.3 is 0 Å². The Kier molecular flexibility index (Phi) is 7.12. The maximum absolute atomic E-state index is 12.9. The van der Waals surface area contributed by atoms with E-state index in [0.717, 1.165) is 18.5 Å². The monoisotopic (exact) mass is 455 g/mol. The molecule has 1 saturated carbocycles. The van der Waals surface area contributed by atoms with E-state index in [1.54, 1.807) is 31.5 Å². The highest BCUT2D eigenvalue weighted by atomic mass is 35.5. The zero-order chi connectivity index (χ0) is 23.5. The lowest BCUT2D eigenvalue weighted by atomic mass is 9.49. The number of carbonyl (C=O) groups excluding carboxylic acids is 1. The van der Waals surface area contributed by atoms with Gasteiger partial charge < -0.3 is 14.8 Å². The Labute approximate surface area is 194 Å². The predicted molar refractivity (Wildman–Crippen MR) is 124 cm³/mol. The van der Waals surface area contributed by atoms with Crippen LogP contribution in [0, 0.1) is 22.2 Å². The summed E-state index contributed by atoms with van der Waals surface area (Å²) in [6.07, 6.45) is 3.19. The fourth-order valence-corrected chi connectivity index (χ4v) is 5.13. The van der Waals surface area contributed by atoms with E-state index in [4.69, 9.17) is 26.3 Å². The van der Waals surface area contributed by atoms with Crippen LogP contribution in [-0.2, 0) is 11.2 Å². The first kappa shape index (κ1) is 24.0. The fourth-order valence-electron chi connectivity index (χ4n) is 4.91. The molecule has 0 saturated heterocycles. The van der Waals surface area contributed by atoms with Crippen molar-refractivity contribution in [3.63, 3.8) is 0 Å². The number of aromatic nitrogens is 1. The molecule has 1 aliphatic rings. The van der Waals surface area contributed by atoms with E-state index in [1.807, 2.05) is 12.1 Å². The summed E-state index contributed by atoms with van der Waals surface area (Å²) in [5, 5.41) is 12.6. The molecule has 0 radical (unpaired) electrons. The lowest BCUT2D eigenvalue weighted by molar-refractivity contribution is -0.164. The van der Waals surface area contributed by atoms with Crippen molar-refractivity contribution in [2.24, 2.45) is 10.8 Å². The van der Waals surface area contributed by atoms with E-state index in [1.165, 1.54) is 0 Å². The van der Waals surface area contributed by atoms with Crippen molar-refractivity contribution in [2.75, 3.05) is 13.7 Å². The van der Waals surface area contributed by atoms with Crippen molar-refractivity contribution in [3.8, 4) is 11.8 Å². The number of hydrogen-bond acceptors (Lipinski definition) is 5. The van der Waals surface area contributed by atoms with Crippen LogP contribution < -0.4 is 10.1 Å². The van der Waals surface area contributed by atoms with Gasteiger partial charge in [0.05, 0.1) is 16.1 Å². The highest BCUT2D eigenvalue weighted by Crippen LogP contribution is 2.55. The summed E-state index contributed by atoms with van der Waals surface area (Å²) in [6, 6.07) is 10.7. The van der Waals surface area contributed by atoms with Crippen LogP contribution in [-0.4, -0.2) is 36.8 Å². The molecular weight excluding hydrogens is 426 g/mol. The molecule has 0 atom stereocenters. The average Bonchev–Trinajstić information content (AvgIpc) is 2.76. The number of nitrogens with zero attached hydrogens (tertiary/aromatic N) is 2. The highest BCUT2D eigenvalue weighted by molar-refractivity contribution is 6.31. The Morgan fingerprint density at radius 1 is 1.22 bits per heavy atom. The first-order valence-corrected chi connectivity index (χ1v) is 11.1. The molecule has 1 N–H and O–H groups in total. The third kappa shape index (κ3) is 4.74. The molecule has 32 heavy (non-hydrogen) atoms. The third-order valence-electron chi connectivity index (χ3n) is 6.30. The molecule has 0 aliphatic heterocycles. The number of benzene rings is 1. The van der Waals surface area contributed by atoms with Gasteiger partial charge in [-0.3, -0.25) is 9.78 Å². The Bertz CT molecular complexity index is 996. The highest BCUT2D eigenvalue weighted by Gasteiger charge is 2.64. The standard InChI is InChI=1S/C25H30ClN3O3/c1-24(2)22(29-21(30)17-8-10-18(28-15-17)7-6-12-31-5)25(3,4)23(24)32-19-11-9-16(14-27)20(26)13-19/h8-11,13,15,22-23H,6-7,12H2,1-5H3,(H,29,30)/t22-,23-. The molecule has 2 aromatic rings. The molecule has 170 valence electrons. The number of aryl methyl sites for hydroxylation is 1. The van der Waals surface area contributed by atoms with Crippen LogP contribution in [0.1, 0.15) is 55.7 Å². The number of methoxy groups -OCH3 is 1. The fraction of sp³-hybridized carbons (Fsp3) is 0.480. The van der Waals surface area contributed by atoms with Crippen molar-refractivity contribution in [1.82, 2.24) is 10.3 Å². The van der Waals surface area contributed by atoms with Crippen LogP contribution in [0.25, 0.3) is 0 Å². The Hall–Kier alpha value is -2.62. The van der Waals surface area contributed by atoms with Crippen LogP contribution in [0.15, 0.2) is 36.5 Å². The lowest BCUT2D eigenvalue weighted by Gasteiger charge is -2.63. The topological polar surface area (TPSA) is 84.2 Å². The normalized spacial score (nSPS) is 20.7. The summed E-state index contributed by atoms with van der Waals surface area (Å²) in [4.78, 5) is 17.3. The molecule has 1 aliphatic carbocycles. The summed E-state index contributed by atoms with van der Waals surface area (Å²) in [7, 11) is 1.68. The van der Waals surface area contributed by atoms with Crippen LogP contribution in [0.2, 0.25) is 5.02 Å². The molecule has 1 heterocycles. The van der Waals surface area contributed by atoms with Gasteiger partial charge in [0.1, 0.15) is 17.9 Å². The number of hydrogen-bond donors (Lipinski definition) is 1. The SMILES string of the molecule is COCCCc1ccc(C(=O)N[C@H]2C(C)(C)[C@H](Oc3ccc(C#N)c(Cl)c3)C2(C)C)cn1. The largest absolute Gasteiger partial charge is 0.489 e. The van der Waals surface area contributed by atoms with Gasteiger partial charge in [0.2, 0.25) is 0 Å². The number of halogens is 1. The lowest BCUT2D eigenvalue weighted by Crippen LogP contribution is -2.74. The zero-order valence-electron chi connectivity index (χ0n) is 19.2. The van der Waals surface area contributed by atoms with Crippen molar-refractivity contribution >= 4 is 17.5 Å². The van der Waals surface area contributed by atoms with E-state index in [9.17, 15) is 4.79 Å². The number of nitriles is 1. The van der Waals surface area contributed by atoms with Gasteiger partial charge in [0, 0.05) is 48.5 Å². The smallest absolute Gasteiger partial charge is 0.253 e. The molecule has 1 aromatic heterocycles.